The summed E-state index contributed by atoms with van der Waals surface area (Å²) in [5.41, 5.74) is 0. The summed E-state index contributed by atoms with van der Waals surface area (Å²) >= 11 is 0. The lowest BCUT2D eigenvalue weighted by Crippen LogP contribution is -2.14. The second kappa shape index (κ2) is 5.55. The molecule has 2 nitrogen and oxygen atoms in total. The third kappa shape index (κ3) is 3.55. The molecule has 0 aromatic rings. The van der Waals surface area contributed by atoms with Crippen LogP contribution in [0.5, 0.6) is 0 Å². The number of hydrogen-bond acceptors (Lipinski definition) is 2. The van der Waals surface area contributed by atoms with Crippen molar-refractivity contribution < 1.29 is 9.47 Å². The van der Waals surface area contributed by atoms with Crippen LogP contribution in [0.4, 0.5) is 0 Å². The average molecular weight is 172 g/mol. The van der Waals surface area contributed by atoms with Crippen molar-refractivity contribution in [3.05, 3.63) is 0 Å². The summed E-state index contributed by atoms with van der Waals surface area (Å²) in [4.78, 5) is 0. The first-order valence-electron chi connectivity index (χ1n) is 5.02. The smallest absolute Gasteiger partial charge is 0.0812 e. The maximum atomic E-state index is 5.52. The van der Waals surface area contributed by atoms with E-state index in [1.54, 1.807) is 0 Å². The molecule has 0 saturated carbocycles. The van der Waals surface area contributed by atoms with Crippen LogP contribution in [0.3, 0.4) is 0 Å². The van der Waals surface area contributed by atoms with Gasteiger partial charge in [0.1, 0.15) is 0 Å². The molecule has 0 amide bonds. The highest BCUT2D eigenvalue weighted by molar-refractivity contribution is 4.69. The topological polar surface area (TPSA) is 18.5 Å². The molecule has 0 aliphatic carbocycles. The minimum Gasteiger partial charge on any atom is -0.379 e. The molecular weight excluding hydrogens is 152 g/mol. The van der Waals surface area contributed by atoms with Gasteiger partial charge in [-0.05, 0) is 18.8 Å². The molecule has 72 valence electrons. The summed E-state index contributed by atoms with van der Waals surface area (Å²) < 4.78 is 11.0. The first-order valence-corrected chi connectivity index (χ1v) is 5.02. The van der Waals surface area contributed by atoms with E-state index in [0.29, 0.717) is 6.10 Å². The van der Waals surface area contributed by atoms with E-state index in [1.165, 1.54) is 19.3 Å². The Morgan fingerprint density at radius 2 is 2.33 bits per heavy atom. The molecule has 0 radical (unpaired) electrons. The predicted octanol–water partition coefficient (Wildman–Crippen LogP) is 2.23. The van der Waals surface area contributed by atoms with Crippen molar-refractivity contribution in [2.24, 2.45) is 5.92 Å². The lowest BCUT2D eigenvalue weighted by molar-refractivity contribution is 0.0159. The van der Waals surface area contributed by atoms with E-state index in [0.717, 1.165) is 25.7 Å². The van der Waals surface area contributed by atoms with E-state index in [2.05, 4.69) is 13.8 Å². The fraction of sp³-hybridized carbons (Fsp3) is 1.00. The van der Waals surface area contributed by atoms with Crippen molar-refractivity contribution >= 4 is 0 Å². The van der Waals surface area contributed by atoms with Gasteiger partial charge in [-0.2, -0.15) is 0 Å². The Hall–Kier alpha value is -0.0800. The monoisotopic (exact) mass is 172 g/mol. The normalized spacial score (nSPS) is 29.5. The van der Waals surface area contributed by atoms with Crippen molar-refractivity contribution in [2.45, 2.75) is 39.2 Å². The molecule has 0 bridgehead atoms. The van der Waals surface area contributed by atoms with Crippen LogP contribution < -0.4 is 0 Å². The van der Waals surface area contributed by atoms with Gasteiger partial charge in [0.25, 0.3) is 0 Å². The highest BCUT2D eigenvalue weighted by Crippen LogP contribution is 2.18. The van der Waals surface area contributed by atoms with E-state index in [9.17, 15) is 0 Å². The second-order valence-corrected chi connectivity index (χ2v) is 3.72. The van der Waals surface area contributed by atoms with Crippen LogP contribution in [-0.4, -0.2) is 25.9 Å². The Kier molecular flexibility index (Phi) is 4.62. The fourth-order valence-electron chi connectivity index (χ4n) is 1.46. The Morgan fingerprint density at radius 3 is 2.92 bits per heavy atom. The number of rotatable bonds is 5. The summed E-state index contributed by atoms with van der Waals surface area (Å²) in [6, 6.07) is 0. The molecule has 0 unspecified atom stereocenters. The van der Waals surface area contributed by atoms with Crippen molar-refractivity contribution in [3.63, 3.8) is 0 Å². The summed E-state index contributed by atoms with van der Waals surface area (Å²) in [6.07, 6.45) is 3.92. The van der Waals surface area contributed by atoms with Gasteiger partial charge < -0.3 is 9.47 Å². The van der Waals surface area contributed by atoms with E-state index in [-0.39, 0.29) is 0 Å². The molecule has 2 atom stereocenters. The molecular formula is C10H20O2. The highest BCUT2D eigenvalue weighted by Gasteiger charge is 2.21. The molecule has 1 saturated heterocycles. The van der Waals surface area contributed by atoms with Gasteiger partial charge in [-0.25, -0.2) is 0 Å². The van der Waals surface area contributed by atoms with Gasteiger partial charge >= 0.3 is 0 Å². The lowest BCUT2D eigenvalue weighted by atomic mass is 10.1. The van der Waals surface area contributed by atoms with Crippen LogP contribution in [0.25, 0.3) is 0 Å². The molecule has 2 heteroatoms. The van der Waals surface area contributed by atoms with Gasteiger partial charge in [0, 0.05) is 13.2 Å². The quantitative estimate of drug-likeness (QED) is 0.592. The standard InChI is InChI=1S/C10H20O2/c1-3-4-5-11-8-10-6-9(2)7-12-10/h9-10H,3-8H2,1-2H3/t9-,10-/m0/s1. The first kappa shape index (κ1) is 10.0. The minimum absolute atomic E-state index is 0.372. The fourth-order valence-corrected chi connectivity index (χ4v) is 1.46. The van der Waals surface area contributed by atoms with Gasteiger partial charge in [0.2, 0.25) is 0 Å². The van der Waals surface area contributed by atoms with Gasteiger partial charge in [0.15, 0.2) is 0 Å². The zero-order valence-electron chi connectivity index (χ0n) is 8.21. The van der Waals surface area contributed by atoms with Crippen LogP contribution >= 0.6 is 0 Å². The maximum absolute atomic E-state index is 5.52. The van der Waals surface area contributed by atoms with Crippen LogP contribution in [0.2, 0.25) is 0 Å². The number of ether oxygens (including phenoxy) is 2. The third-order valence-electron chi connectivity index (χ3n) is 2.23. The SMILES string of the molecule is CCCCOC[C@@H]1C[C@H](C)CO1. The summed E-state index contributed by atoms with van der Waals surface area (Å²) in [6.45, 7) is 7.01. The zero-order chi connectivity index (χ0) is 8.81. The Balaban J connectivity index is 1.93. The molecule has 0 N–H and O–H groups in total. The Morgan fingerprint density at radius 1 is 1.50 bits per heavy atom. The largest absolute Gasteiger partial charge is 0.379 e. The van der Waals surface area contributed by atoms with E-state index >= 15 is 0 Å². The van der Waals surface area contributed by atoms with Crippen LogP contribution in [0.15, 0.2) is 0 Å². The van der Waals surface area contributed by atoms with E-state index < -0.39 is 0 Å². The van der Waals surface area contributed by atoms with Crippen molar-refractivity contribution in [2.75, 3.05) is 19.8 Å². The van der Waals surface area contributed by atoms with Crippen molar-refractivity contribution in [1.29, 1.82) is 0 Å². The summed E-state index contributed by atoms with van der Waals surface area (Å²) in [5, 5.41) is 0. The van der Waals surface area contributed by atoms with Crippen LogP contribution in [-0.2, 0) is 9.47 Å². The number of hydrogen-bond donors (Lipinski definition) is 0. The minimum atomic E-state index is 0.372. The van der Waals surface area contributed by atoms with E-state index in [4.69, 9.17) is 9.47 Å². The zero-order valence-corrected chi connectivity index (χ0v) is 8.21. The Bertz CT molecular complexity index is 114. The summed E-state index contributed by atoms with van der Waals surface area (Å²) in [7, 11) is 0. The van der Waals surface area contributed by atoms with Crippen LogP contribution in [0, 0.1) is 5.92 Å². The third-order valence-corrected chi connectivity index (χ3v) is 2.23. The predicted molar refractivity (Wildman–Crippen MR) is 49.2 cm³/mol. The molecule has 0 aromatic carbocycles. The van der Waals surface area contributed by atoms with E-state index in [1.807, 2.05) is 0 Å². The second-order valence-electron chi connectivity index (χ2n) is 3.72. The van der Waals surface area contributed by atoms with Gasteiger partial charge in [-0.3, -0.25) is 0 Å². The molecule has 0 aromatic heterocycles. The first-order chi connectivity index (χ1) is 5.83. The molecule has 1 heterocycles. The van der Waals surface area contributed by atoms with Crippen LogP contribution in [0.1, 0.15) is 33.1 Å². The van der Waals surface area contributed by atoms with Crippen molar-refractivity contribution in [1.82, 2.24) is 0 Å². The molecule has 1 fully saturated rings. The Labute approximate surface area is 75.2 Å². The molecule has 1 rings (SSSR count). The van der Waals surface area contributed by atoms with Gasteiger partial charge in [-0.1, -0.05) is 20.3 Å². The maximum Gasteiger partial charge on any atom is 0.0812 e. The summed E-state index contributed by atoms with van der Waals surface area (Å²) in [5.74, 6) is 0.727. The molecule has 1 aliphatic heterocycles. The van der Waals surface area contributed by atoms with Crippen molar-refractivity contribution in [3.8, 4) is 0 Å². The average Bonchev–Trinajstić information content (AvgIpc) is 2.45. The molecule has 12 heavy (non-hydrogen) atoms. The molecule has 0 spiro atoms. The lowest BCUT2D eigenvalue weighted by Gasteiger charge is -2.09. The van der Waals surface area contributed by atoms with Gasteiger partial charge in [0.05, 0.1) is 12.7 Å². The van der Waals surface area contributed by atoms with Gasteiger partial charge in [-0.15, -0.1) is 0 Å². The molecule has 1 aliphatic rings. The highest BCUT2D eigenvalue weighted by atomic mass is 16.5. The number of unbranched alkanes of at least 4 members (excludes halogenated alkanes) is 1.